The Kier molecular flexibility index (Phi) is 5.71. The number of anilines is 1. The molecule has 0 bridgehead atoms. The molecule has 8 heteroatoms. The zero-order chi connectivity index (χ0) is 20.3. The highest BCUT2D eigenvalue weighted by Crippen LogP contribution is 2.33. The van der Waals surface area contributed by atoms with Crippen molar-refractivity contribution in [3.05, 3.63) is 71.1 Å². The highest BCUT2D eigenvalue weighted by atomic mass is 32.2. The van der Waals surface area contributed by atoms with Gasteiger partial charge in [-0.25, -0.2) is 13.4 Å². The summed E-state index contributed by atoms with van der Waals surface area (Å²) >= 11 is 1.03. The van der Waals surface area contributed by atoms with Crippen molar-refractivity contribution >= 4 is 38.0 Å². The van der Waals surface area contributed by atoms with Gasteiger partial charge in [0, 0.05) is 17.4 Å². The first-order valence-corrected chi connectivity index (χ1v) is 11.2. The maximum Gasteiger partial charge on any atom is 0.244 e. The van der Waals surface area contributed by atoms with Crippen molar-refractivity contribution in [2.45, 2.75) is 12.2 Å². The maximum atomic E-state index is 13.0. The summed E-state index contributed by atoms with van der Waals surface area (Å²) in [5.74, 6) is -0.900. The van der Waals surface area contributed by atoms with Gasteiger partial charge < -0.3 is 5.32 Å². The molecule has 1 atom stereocenters. The number of ketones is 1. The lowest BCUT2D eigenvalue weighted by Crippen LogP contribution is -2.31. The van der Waals surface area contributed by atoms with E-state index in [1.54, 1.807) is 24.3 Å². The Morgan fingerprint density at radius 3 is 2.14 bits per heavy atom. The van der Waals surface area contributed by atoms with E-state index in [1.165, 1.54) is 6.92 Å². The van der Waals surface area contributed by atoms with E-state index in [9.17, 15) is 18.0 Å². The summed E-state index contributed by atoms with van der Waals surface area (Å²) in [5.41, 5.74) is 1.68. The van der Waals surface area contributed by atoms with Crippen LogP contribution in [0.3, 0.4) is 0 Å². The largest absolute Gasteiger partial charge is 0.301 e. The van der Waals surface area contributed by atoms with Gasteiger partial charge in [-0.15, -0.1) is 0 Å². The van der Waals surface area contributed by atoms with Crippen LogP contribution in [0.2, 0.25) is 0 Å². The van der Waals surface area contributed by atoms with Gasteiger partial charge in [-0.3, -0.25) is 9.59 Å². The van der Waals surface area contributed by atoms with Crippen LogP contribution in [0.5, 0.6) is 0 Å². The lowest BCUT2D eigenvalue weighted by molar-refractivity contribution is -0.115. The number of rotatable bonds is 6. The summed E-state index contributed by atoms with van der Waals surface area (Å²) in [6.07, 6.45) is 0.999. The number of amides is 1. The molecule has 1 N–H and O–H groups in total. The second kappa shape index (κ2) is 8.04. The molecule has 0 fully saturated rings. The van der Waals surface area contributed by atoms with Gasteiger partial charge in [-0.1, -0.05) is 72.0 Å². The molecule has 6 nitrogen and oxygen atoms in total. The molecular formula is C20H18N2O4S2. The van der Waals surface area contributed by atoms with Crippen LogP contribution < -0.4 is 5.32 Å². The molecule has 0 aliphatic carbocycles. The van der Waals surface area contributed by atoms with Crippen LogP contribution in [0.15, 0.2) is 60.7 Å². The first kappa shape index (κ1) is 19.9. The zero-order valence-electron chi connectivity index (χ0n) is 15.2. The third-order valence-electron chi connectivity index (χ3n) is 4.16. The van der Waals surface area contributed by atoms with E-state index in [0.717, 1.165) is 23.2 Å². The molecule has 0 saturated carbocycles. The zero-order valence-corrected chi connectivity index (χ0v) is 16.9. The van der Waals surface area contributed by atoms with E-state index in [-0.39, 0.29) is 10.9 Å². The standard InChI is InChI=1S/C20H18N2O4S2/c1-13(28(2,25)26)19(24)22-20-21-16(14-9-5-3-6-10-14)18(27-20)17(23)15-11-7-4-8-12-15/h3-13H,1-2H3,(H,21,22,24). The van der Waals surface area contributed by atoms with Crippen LogP contribution in [0, 0.1) is 0 Å². The monoisotopic (exact) mass is 414 g/mol. The van der Waals surface area contributed by atoms with Crippen LogP contribution in [0.1, 0.15) is 22.2 Å². The average molecular weight is 415 g/mol. The Morgan fingerprint density at radius 1 is 1.00 bits per heavy atom. The number of thiazole rings is 1. The molecule has 28 heavy (non-hydrogen) atoms. The van der Waals surface area contributed by atoms with Gasteiger partial charge in [-0.2, -0.15) is 0 Å². The molecule has 2 aromatic carbocycles. The van der Waals surface area contributed by atoms with Crippen molar-refractivity contribution in [2.24, 2.45) is 0 Å². The van der Waals surface area contributed by atoms with Crippen LogP contribution in [0.4, 0.5) is 5.13 Å². The highest BCUT2D eigenvalue weighted by molar-refractivity contribution is 7.92. The molecule has 3 rings (SSSR count). The Balaban J connectivity index is 2.01. The predicted octanol–water partition coefficient (Wildman–Crippen LogP) is 3.41. The van der Waals surface area contributed by atoms with Gasteiger partial charge in [0.25, 0.3) is 0 Å². The summed E-state index contributed by atoms with van der Waals surface area (Å²) in [6, 6.07) is 17.9. The number of aromatic nitrogens is 1. The van der Waals surface area contributed by atoms with Crippen LogP contribution in [-0.4, -0.2) is 36.6 Å². The third-order valence-corrected chi connectivity index (χ3v) is 6.63. The Hall–Kier alpha value is -2.84. The minimum atomic E-state index is -3.54. The molecule has 1 heterocycles. The summed E-state index contributed by atoms with van der Waals surface area (Å²) in [5, 5.41) is 1.48. The maximum absolute atomic E-state index is 13.0. The normalized spacial score (nSPS) is 12.4. The van der Waals surface area contributed by atoms with Crippen molar-refractivity contribution in [2.75, 3.05) is 11.6 Å². The van der Waals surface area contributed by atoms with Gasteiger partial charge in [0.05, 0.1) is 5.69 Å². The van der Waals surface area contributed by atoms with Gasteiger partial charge >= 0.3 is 0 Å². The summed E-state index contributed by atoms with van der Waals surface area (Å²) in [7, 11) is -3.54. The van der Waals surface area contributed by atoms with Crippen LogP contribution in [-0.2, 0) is 14.6 Å². The van der Waals surface area contributed by atoms with Gasteiger partial charge in [0.2, 0.25) is 11.7 Å². The summed E-state index contributed by atoms with van der Waals surface area (Å²) in [4.78, 5) is 30.0. The van der Waals surface area contributed by atoms with Crippen molar-refractivity contribution in [1.82, 2.24) is 4.98 Å². The van der Waals surface area contributed by atoms with E-state index in [0.29, 0.717) is 16.1 Å². The summed E-state index contributed by atoms with van der Waals surface area (Å²) < 4.78 is 23.2. The predicted molar refractivity (Wildman–Crippen MR) is 110 cm³/mol. The Morgan fingerprint density at radius 2 is 1.57 bits per heavy atom. The SMILES string of the molecule is CC(C(=O)Nc1nc(-c2ccccc2)c(C(=O)c2ccccc2)s1)S(C)(=O)=O. The number of hydrogen-bond donors (Lipinski definition) is 1. The molecular weight excluding hydrogens is 396 g/mol. The lowest BCUT2D eigenvalue weighted by atomic mass is 10.1. The van der Waals surface area contributed by atoms with Gasteiger partial charge in [-0.05, 0) is 6.92 Å². The quantitative estimate of drug-likeness (QED) is 0.624. The summed E-state index contributed by atoms with van der Waals surface area (Å²) in [6.45, 7) is 1.31. The van der Waals surface area contributed by atoms with E-state index in [2.05, 4.69) is 10.3 Å². The first-order valence-electron chi connectivity index (χ1n) is 8.43. The number of sulfone groups is 1. The number of carbonyl (C=O) groups excluding carboxylic acids is 2. The first-order chi connectivity index (χ1) is 13.3. The molecule has 0 aliphatic heterocycles. The lowest BCUT2D eigenvalue weighted by Gasteiger charge is -2.07. The van der Waals surface area contributed by atoms with Gasteiger partial charge in [0.15, 0.2) is 15.0 Å². The van der Waals surface area contributed by atoms with Crippen molar-refractivity contribution in [3.8, 4) is 11.3 Å². The molecule has 144 valence electrons. The molecule has 0 spiro atoms. The Bertz CT molecular complexity index is 1110. The fourth-order valence-corrected chi connectivity index (χ4v) is 3.84. The number of nitrogens with one attached hydrogen (secondary N) is 1. The van der Waals surface area contributed by atoms with E-state index in [1.807, 2.05) is 36.4 Å². The molecule has 1 amide bonds. The number of hydrogen-bond acceptors (Lipinski definition) is 6. The minimum absolute atomic E-state index is 0.179. The smallest absolute Gasteiger partial charge is 0.244 e. The van der Waals surface area contributed by atoms with Crippen LogP contribution >= 0.6 is 11.3 Å². The molecule has 0 radical (unpaired) electrons. The van der Waals surface area contributed by atoms with Crippen molar-refractivity contribution in [1.29, 1.82) is 0 Å². The van der Waals surface area contributed by atoms with Crippen LogP contribution in [0.25, 0.3) is 11.3 Å². The van der Waals surface area contributed by atoms with Crippen molar-refractivity contribution < 1.29 is 18.0 Å². The average Bonchev–Trinajstić information content (AvgIpc) is 3.11. The number of benzene rings is 2. The highest BCUT2D eigenvalue weighted by Gasteiger charge is 2.26. The fourth-order valence-electron chi connectivity index (χ4n) is 2.44. The van der Waals surface area contributed by atoms with Gasteiger partial charge in [0.1, 0.15) is 10.1 Å². The molecule has 0 aliphatic rings. The second-order valence-electron chi connectivity index (χ2n) is 6.22. The Labute approximate surface area is 167 Å². The van der Waals surface area contributed by atoms with Crippen molar-refractivity contribution in [3.63, 3.8) is 0 Å². The molecule has 3 aromatic rings. The minimum Gasteiger partial charge on any atom is -0.301 e. The topological polar surface area (TPSA) is 93.2 Å². The number of nitrogens with zero attached hydrogens (tertiary/aromatic N) is 1. The third kappa shape index (κ3) is 4.35. The van der Waals surface area contributed by atoms with E-state index >= 15 is 0 Å². The number of carbonyl (C=O) groups is 2. The molecule has 1 aromatic heterocycles. The second-order valence-corrected chi connectivity index (χ2v) is 9.58. The molecule has 1 unspecified atom stereocenters. The van der Waals surface area contributed by atoms with E-state index < -0.39 is 21.0 Å². The molecule has 0 saturated heterocycles. The van der Waals surface area contributed by atoms with E-state index in [4.69, 9.17) is 0 Å². The fraction of sp³-hybridized carbons (Fsp3) is 0.150.